The van der Waals surface area contributed by atoms with Crippen LogP contribution in [0.25, 0.3) is 0 Å². The number of rotatable bonds is 6. The first-order chi connectivity index (χ1) is 14.7. The first-order valence-corrected chi connectivity index (χ1v) is 10.4. The van der Waals surface area contributed by atoms with E-state index in [1.165, 1.54) is 14.0 Å². The number of nitrogens with two attached hydrogens (primary N) is 1. The predicted molar refractivity (Wildman–Crippen MR) is 111 cm³/mol. The molecule has 0 saturated carbocycles. The molecule has 2 aliphatic heterocycles. The summed E-state index contributed by atoms with van der Waals surface area (Å²) in [5.74, 6) is -1.15. The third kappa shape index (κ3) is 5.12. The second-order valence-corrected chi connectivity index (χ2v) is 8.13. The normalized spacial score (nSPS) is 21.3. The number of aryl methyl sites for hydroxylation is 1. The Hall–Kier alpha value is -3.17. The molecule has 0 aliphatic carbocycles. The van der Waals surface area contributed by atoms with E-state index in [0.29, 0.717) is 36.6 Å². The van der Waals surface area contributed by atoms with Crippen LogP contribution in [0.1, 0.15) is 48.7 Å². The molecular formula is C21H29N5O5. The molecule has 1 aromatic rings. The zero-order chi connectivity index (χ0) is 22.7. The van der Waals surface area contributed by atoms with Crippen LogP contribution in [0.15, 0.2) is 12.1 Å². The van der Waals surface area contributed by atoms with E-state index in [2.05, 4.69) is 10.3 Å². The lowest BCUT2D eigenvalue weighted by molar-refractivity contribution is -0.137. The molecule has 3 rings (SSSR count). The molecule has 2 bridgehead atoms. The van der Waals surface area contributed by atoms with Gasteiger partial charge in [0.1, 0.15) is 6.04 Å². The fourth-order valence-corrected chi connectivity index (χ4v) is 4.46. The van der Waals surface area contributed by atoms with E-state index < -0.39 is 17.9 Å². The van der Waals surface area contributed by atoms with E-state index in [-0.39, 0.29) is 30.3 Å². The Morgan fingerprint density at radius 3 is 2.58 bits per heavy atom. The van der Waals surface area contributed by atoms with Crippen LogP contribution in [-0.2, 0) is 14.4 Å². The minimum atomic E-state index is -1.04. The van der Waals surface area contributed by atoms with Gasteiger partial charge in [0.25, 0.3) is 5.91 Å². The average Bonchev–Trinajstić information content (AvgIpc) is 3.00. The highest BCUT2D eigenvalue weighted by Crippen LogP contribution is 2.32. The van der Waals surface area contributed by atoms with Crippen molar-refractivity contribution in [2.45, 2.75) is 57.7 Å². The van der Waals surface area contributed by atoms with Gasteiger partial charge in [-0.15, -0.1) is 0 Å². The molecule has 31 heavy (non-hydrogen) atoms. The number of nitrogens with one attached hydrogen (secondary N) is 1. The number of methoxy groups -OCH3 is 1. The molecule has 10 heteroatoms. The van der Waals surface area contributed by atoms with E-state index in [0.717, 1.165) is 12.8 Å². The molecule has 3 heterocycles. The van der Waals surface area contributed by atoms with E-state index in [4.69, 9.17) is 10.5 Å². The van der Waals surface area contributed by atoms with Crippen LogP contribution in [0, 0.1) is 6.92 Å². The van der Waals surface area contributed by atoms with Gasteiger partial charge in [-0.3, -0.25) is 19.2 Å². The number of fused-ring (bicyclic) bond motifs is 2. The van der Waals surface area contributed by atoms with Crippen LogP contribution in [0.2, 0.25) is 0 Å². The molecule has 0 radical (unpaired) electrons. The average molecular weight is 431 g/mol. The maximum atomic E-state index is 13.1. The summed E-state index contributed by atoms with van der Waals surface area (Å²) < 4.78 is 5.18. The first kappa shape index (κ1) is 22.5. The summed E-state index contributed by atoms with van der Waals surface area (Å²) >= 11 is 0. The van der Waals surface area contributed by atoms with Gasteiger partial charge in [0.05, 0.1) is 13.5 Å². The van der Waals surface area contributed by atoms with Crippen molar-refractivity contribution in [1.29, 1.82) is 0 Å². The number of amides is 4. The zero-order valence-electron chi connectivity index (χ0n) is 18.1. The minimum Gasteiger partial charge on any atom is -0.481 e. The van der Waals surface area contributed by atoms with Gasteiger partial charge in [-0.2, -0.15) is 0 Å². The molecule has 4 amide bonds. The maximum Gasteiger partial charge on any atom is 0.254 e. The van der Waals surface area contributed by atoms with E-state index in [1.54, 1.807) is 28.9 Å². The molecule has 2 fully saturated rings. The number of likely N-dealkylation sites (tertiary alicyclic amines) is 1. The summed E-state index contributed by atoms with van der Waals surface area (Å²) in [5, 5.41) is 2.44. The number of hydrogen-bond acceptors (Lipinski definition) is 6. The summed E-state index contributed by atoms with van der Waals surface area (Å²) in [6.07, 6.45) is 2.09. The number of carbonyl (C=O) groups excluding carboxylic acids is 4. The maximum absolute atomic E-state index is 13.1. The first-order valence-electron chi connectivity index (χ1n) is 10.4. The summed E-state index contributed by atoms with van der Waals surface area (Å²) in [5.41, 5.74) is 6.53. The molecule has 1 aromatic heterocycles. The van der Waals surface area contributed by atoms with Crippen molar-refractivity contribution in [3.05, 3.63) is 23.4 Å². The van der Waals surface area contributed by atoms with Crippen LogP contribution in [0.5, 0.6) is 5.88 Å². The third-order valence-electron chi connectivity index (χ3n) is 5.84. The zero-order valence-corrected chi connectivity index (χ0v) is 18.1. The minimum absolute atomic E-state index is 0.00475. The standard InChI is InChI=1S/C21H29N5O5/c1-12-8-14(9-18(23-12)31-3)21(30)25-7-6-15-4-5-16(11-25)26(15)19(28)10-17(20(22)29)24-13(2)27/h8-9,15-17H,4-7,10-11H2,1-3H3,(H2,22,29)(H,24,27)/t15?,16?,17-/m0/s1. The topological polar surface area (TPSA) is 135 Å². The van der Waals surface area contributed by atoms with E-state index >= 15 is 0 Å². The molecule has 2 saturated heterocycles. The van der Waals surface area contributed by atoms with Crippen LogP contribution >= 0.6 is 0 Å². The number of carbonyl (C=O) groups is 4. The highest BCUT2D eigenvalue weighted by Gasteiger charge is 2.42. The number of pyridine rings is 1. The van der Waals surface area contributed by atoms with Gasteiger partial charge in [0, 0.05) is 49.4 Å². The van der Waals surface area contributed by atoms with Crippen molar-refractivity contribution in [1.82, 2.24) is 20.1 Å². The smallest absolute Gasteiger partial charge is 0.254 e. The largest absolute Gasteiger partial charge is 0.481 e. The Morgan fingerprint density at radius 2 is 1.94 bits per heavy atom. The molecule has 2 unspecified atom stereocenters. The highest BCUT2D eigenvalue weighted by atomic mass is 16.5. The van der Waals surface area contributed by atoms with Crippen molar-refractivity contribution in [3.63, 3.8) is 0 Å². The Labute approximate surface area is 181 Å². The number of aromatic nitrogens is 1. The summed E-state index contributed by atoms with van der Waals surface area (Å²) in [6, 6.07) is 2.15. The van der Waals surface area contributed by atoms with Gasteiger partial charge in [-0.05, 0) is 32.3 Å². The number of nitrogens with zero attached hydrogens (tertiary/aromatic N) is 3. The van der Waals surface area contributed by atoms with Crippen LogP contribution in [0.4, 0.5) is 0 Å². The fraction of sp³-hybridized carbons (Fsp3) is 0.571. The summed E-state index contributed by atoms with van der Waals surface area (Å²) in [6.45, 7) is 4.01. The second kappa shape index (κ2) is 9.32. The summed E-state index contributed by atoms with van der Waals surface area (Å²) in [7, 11) is 1.50. The van der Waals surface area contributed by atoms with Crippen molar-refractivity contribution in [3.8, 4) is 5.88 Å². The Kier molecular flexibility index (Phi) is 6.77. The molecule has 168 valence electrons. The fourth-order valence-electron chi connectivity index (χ4n) is 4.46. The molecule has 0 aromatic carbocycles. The van der Waals surface area contributed by atoms with Crippen molar-refractivity contribution in [2.75, 3.05) is 20.2 Å². The Morgan fingerprint density at radius 1 is 1.23 bits per heavy atom. The van der Waals surface area contributed by atoms with Gasteiger partial charge in [-0.1, -0.05) is 0 Å². The quantitative estimate of drug-likeness (QED) is 0.650. The van der Waals surface area contributed by atoms with E-state index in [9.17, 15) is 19.2 Å². The SMILES string of the molecule is COc1cc(C(=O)N2CCC3CCC(C2)N3C(=O)C[C@H](NC(C)=O)C(N)=O)cc(C)n1. The van der Waals surface area contributed by atoms with Crippen molar-refractivity contribution >= 4 is 23.6 Å². The second-order valence-electron chi connectivity index (χ2n) is 8.13. The predicted octanol–water partition coefficient (Wildman–Crippen LogP) is -0.0158. The van der Waals surface area contributed by atoms with Crippen molar-refractivity contribution in [2.24, 2.45) is 5.73 Å². The molecular weight excluding hydrogens is 402 g/mol. The Balaban J connectivity index is 1.74. The number of hydrogen-bond donors (Lipinski definition) is 2. The molecule has 0 spiro atoms. The Bertz CT molecular complexity index is 889. The summed E-state index contributed by atoms with van der Waals surface area (Å²) in [4.78, 5) is 56.9. The van der Waals surface area contributed by atoms with Gasteiger partial charge >= 0.3 is 0 Å². The molecule has 2 aliphatic rings. The lowest BCUT2D eigenvalue weighted by Crippen LogP contribution is -2.50. The van der Waals surface area contributed by atoms with E-state index in [1.807, 2.05) is 0 Å². The molecule has 10 nitrogen and oxygen atoms in total. The van der Waals surface area contributed by atoms with Gasteiger partial charge in [-0.25, -0.2) is 4.98 Å². The van der Waals surface area contributed by atoms with Crippen LogP contribution in [-0.4, -0.2) is 76.7 Å². The third-order valence-corrected chi connectivity index (χ3v) is 5.84. The molecule has 3 atom stereocenters. The van der Waals surface area contributed by atoms with Gasteiger partial charge in [0.15, 0.2) is 0 Å². The van der Waals surface area contributed by atoms with Crippen LogP contribution < -0.4 is 15.8 Å². The lowest BCUT2D eigenvalue weighted by Gasteiger charge is -2.30. The number of ether oxygens (including phenoxy) is 1. The van der Waals surface area contributed by atoms with Gasteiger partial charge < -0.3 is 25.6 Å². The monoisotopic (exact) mass is 431 g/mol. The van der Waals surface area contributed by atoms with Gasteiger partial charge in [0.2, 0.25) is 23.6 Å². The highest BCUT2D eigenvalue weighted by molar-refractivity contribution is 5.95. The number of primary amides is 1. The lowest BCUT2D eigenvalue weighted by atomic mass is 10.1. The molecule has 3 N–H and O–H groups in total. The van der Waals surface area contributed by atoms with Crippen molar-refractivity contribution < 1.29 is 23.9 Å². The van der Waals surface area contributed by atoms with Crippen LogP contribution in [0.3, 0.4) is 0 Å².